The van der Waals surface area contributed by atoms with Crippen LogP contribution in [0.4, 0.5) is 0 Å². The maximum Gasteiger partial charge on any atom is 0.213 e. The number of nitrogens with one attached hydrogen (secondary N) is 2. The Hall–Kier alpha value is -1.42. The first kappa shape index (κ1) is 13.0. The highest BCUT2D eigenvalue weighted by atomic mass is 32.1. The predicted molar refractivity (Wildman–Crippen MR) is 76.2 cm³/mol. The summed E-state index contributed by atoms with van der Waals surface area (Å²) in [5.74, 6) is 1.95. The average Bonchev–Trinajstić information content (AvgIpc) is 2.73. The van der Waals surface area contributed by atoms with Crippen molar-refractivity contribution in [1.29, 1.82) is 0 Å². The van der Waals surface area contributed by atoms with Gasteiger partial charge in [0.25, 0.3) is 0 Å². The van der Waals surface area contributed by atoms with E-state index in [1.54, 1.807) is 0 Å². The Morgan fingerprint density at radius 3 is 2.33 bits per heavy atom. The molecule has 2 N–H and O–H groups in total. The van der Waals surface area contributed by atoms with Gasteiger partial charge in [0.1, 0.15) is 5.82 Å². The molecule has 4 heteroatoms. The van der Waals surface area contributed by atoms with E-state index in [9.17, 15) is 0 Å². The van der Waals surface area contributed by atoms with Crippen LogP contribution >= 0.6 is 12.2 Å². The monoisotopic (exact) mass is 261 g/mol. The van der Waals surface area contributed by atoms with Crippen molar-refractivity contribution in [2.24, 2.45) is 5.92 Å². The summed E-state index contributed by atoms with van der Waals surface area (Å²) in [6, 6.07) is 8.75. The highest BCUT2D eigenvalue weighted by molar-refractivity contribution is 7.71. The molecule has 0 saturated carbocycles. The number of aryl methyl sites for hydroxylation is 1. The third-order valence-corrected chi connectivity index (χ3v) is 3.47. The summed E-state index contributed by atoms with van der Waals surface area (Å²) in [7, 11) is 0. The molecule has 1 heterocycles. The van der Waals surface area contributed by atoms with Crippen LogP contribution in [0.5, 0.6) is 0 Å². The van der Waals surface area contributed by atoms with Gasteiger partial charge in [-0.15, -0.1) is 0 Å². The van der Waals surface area contributed by atoms with E-state index < -0.39 is 0 Å². The first-order valence-electron chi connectivity index (χ1n) is 6.26. The zero-order valence-electron chi connectivity index (χ0n) is 11.0. The number of benzene rings is 1. The highest BCUT2D eigenvalue weighted by Gasteiger charge is 2.17. The van der Waals surface area contributed by atoms with E-state index in [0.29, 0.717) is 16.6 Å². The van der Waals surface area contributed by atoms with Crippen LogP contribution in [-0.4, -0.2) is 15.2 Å². The Labute approximate surface area is 113 Å². The molecule has 0 aliphatic heterocycles. The van der Waals surface area contributed by atoms with E-state index in [4.69, 9.17) is 12.2 Å². The molecular weight excluding hydrogens is 242 g/mol. The largest absolute Gasteiger partial charge is 0.286 e. The van der Waals surface area contributed by atoms with Gasteiger partial charge >= 0.3 is 0 Å². The minimum atomic E-state index is 0.458. The molecule has 2 aromatic rings. The van der Waals surface area contributed by atoms with E-state index in [1.165, 1.54) is 11.1 Å². The molecule has 0 radical (unpaired) electrons. The smallest absolute Gasteiger partial charge is 0.213 e. The molecule has 0 aliphatic rings. The van der Waals surface area contributed by atoms with Crippen molar-refractivity contribution in [3.05, 3.63) is 46.0 Å². The van der Waals surface area contributed by atoms with Crippen molar-refractivity contribution >= 4 is 12.2 Å². The molecule has 96 valence electrons. The molecule has 1 unspecified atom stereocenters. The Balaban J connectivity index is 2.23. The molecule has 1 aromatic carbocycles. The summed E-state index contributed by atoms with van der Waals surface area (Å²) in [4.78, 5) is 4.28. The Morgan fingerprint density at radius 1 is 1.17 bits per heavy atom. The SMILES string of the molecule is Cc1ccc(C(Cc2nc(=S)[nH][nH]2)C(C)C)cc1. The van der Waals surface area contributed by atoms with Gasteiger partial charge in [-0.25, -0.2) is 4.98 Å². The number of aromatic amines is 2. The third-order valence-electron chi connectivity index (χ3n) is 3.27. The van der Waals surface area contributed by atoms with Crippen LogP contribution in [0.25, 0.3) is 0 Å². The van der Waals surface area contributed by atoms with Gasteiger partial charge in [-0.05, 0) is 36.5 Å². The second-order valence-electron chi connectivity index (χ2n) is 5.08. The first-order valence-corrected chi connectivity index (χ1v) is 6.67. The second-order valence-corrected chi connectivity index (χ2v) is 5.47. The van der Waals surface area contributed by atoms with Crippen molar-refractivity contribution < 1.29 is 0 Å². The molecule has 2 rings (SSSR count). The molecule has 0 spiro atoms. The summed E-state index contributed by atoms with van der Waals surface area (Å²) in [6.45, 7) is 6.59. The molecule has 0 amide bonds. The number of nitrogens with zero attached hydrogens (tertiary/aromatic N) is 1. The van der Waals surface area contributed by atoms with Crippen LogP contribution in [0.3, 0.4) is 0 Å². The lowest BCUT2D eigenvalue weighted by molar-refractivity contribution is 0.486. The van der Waals surface area contributed by atoms with E-state index in [0.717, 1.165) is 12.2 Å². The number of hydrogen-bond acceptors (Lipinski definition) is 2. The summed E-state index contributed by atoms with van der Waals surface area (Å²) in [6.07, 6.45) is 0.883. The molecule has 0 bridgehead atoms. The standard InChI is InChI=1S/C14H19N3S/c1-9(2)12(8-13-15-14(18)17-16-13)11-6-4-10(3)5-7-11/h4-7,9,12H,8H2,1-3H3,(H2,15,16,17,18). The minimum absolute atomic E-state index is 0.458. The van der Waals surface area contributed by atoms with Crippen LogP contribution in [0.1, 0.15) is 36.7 Å². The molecule has 3 nitrogen and oxygen atoms in total. The fraction of sp³-hybridized carbons (Fsp3) is 0.429. The van der Waals surface area contributed by atoms with Crippen LogP contribution in [0.15, 0.2) is 24.3 Å². The lowest BCUT2D eigenvalue weighted by Crippen LogP contribution is -2.11. The second kappa shape index (κ2) is 5.48. The lowest BCUT2D eigenvalue weighted by atomic mass is 9.85. The molecule has 18 heavy (non-hydrogen) atoms. The number of hydrogen-bond donors (Lipinski definition) is 2. The topological polar surface area (TPSA) is 44.5 Å². The van der Waals surface area contributed by atoms with Gasteiger partial charge in [0, 0.05) is 6.42 Å². The fourth-order valence-electron chi connectivity index (χ4n) is 2.16. The van der Waals surface area contributed by atoms with Gasteiger partial charge < -0.3 is 0 Å². The maximum absolute atomic E-state index is 4.99. The van der Waals surface area contributed by atoms with Crippen LogP contribution < -0.4 is 0 Å². The van der Waals surface area contributed by atoms with Gasteiger partial charge in [0.05, 0.1) is 0 Å². The quantitative estimate of drug-likeness (QED) is 0.823. The van der Waals surface area contributed by atoms with Crippen LogP contribution in [-0.2, 0) is 6.42 Å². The van der Waals surface area contributed by atoms with Crippen LogP contribution in [0, 0.1) is 17.6 Å². The van der Waals surface area contributed by atoms with Crippen molar-refractivity contribution in [3.63, 3.8) is 0 Å². The lowest BCUT2D eigenvalue weighted by Gasteiger charge is -2.20. The third kappa shape index (κ3) is 3.07. The van der Waals surface area contributed by atoms with Crippen molar-refractivity contribution in [1.82, 2.24) is 15.2 Å². The summed E-state index contributed by atoms with van der Waals surface area (Å²) < 4.78 is 0.524. The first-order chi connectivity index (χ1) is 8.56. The summed E-state index contributed by atoms with van der Waals surface area (Å²) in [5, 5.41) is 5.88. The molecule has 1 atom stereocenters. The predicted octanol–water partition coefficient (Wildman–Crippen LogP) is 3.76. The van der Waals surface area contributed by atoms with Gasteiger partial charge in [-0.3, -0.25) is 10.2 Å². The van der Waals surface area contributed by atoms with Gasteiger partial charge in [-0.1, -0.05) is 43.7 Å². The summed E-state index contributed by atoms with van der Waals surface area (Å²) >= 11 is 4.99. The minimum Gasteiger partial charge on any atom is -0.286 e. The Morgan fingerprint density at radius 2 is 1.83 bits per heavy atom. The van der Waals surface area contributed by atoms with Gasteiger partial charge in [0.2, 0.25) is 4.77 Å². The molecule has 1 aromatic heterocycles. The van der Waals surface area contributed by atoms with Crippen LogP contribution in [0.2, 0.25) is 0 Å². The molecule has 0 aliphatic carbocycles. The Bertz CT molecular complexity index is 551. The summed E-state index contributed by atoms with van der Waals surface area (Å²) in [5.41, 5.74) is 2.65. The van der Waals surface area contributed by atoms with Crippen molar-refractivity contribution in [2.45, 2.75) is 33.1 Å². The molecule has 0 fully saturated rings. The maximum atomic E-state index is 4.99. The van der Waals surface area contributed by atoms with Gasteiger partial charge in [-0.2, -0.15) is 0 Å². The van der Waals surface area contributed by atoms with E-state index in [1.807, 2.05) is 0 Å². The number of rotatable bonds is 4. The number of aromatic nitrogens is 3. The fourth-order valence-corrected chi connectivity index (χ4v) is 2.32. The average molecular weight is 261 g/mol. The molecule has 0 saturated heterocycles. The zero-order valence-corrected chi connectivity index (χ0v) is 11.8. The highest BCUT2D eigenvalue weighted by Crippen LogP contribution is 2.27. The Kier molecular flexibility index (Phi) is 3.97. The normalized spacial score (nSPS) is 12.9. The van der Waals surface area contributed by atoms with E-state index in [-0.39, 0.29) is 0 Å². The number of H-pyrrole nitrogens is 2. The van der Waals surface area contributed by atoms with Gasteiger partial charge in [0.15, 0.2) is 0 Å². The molecular formula is C14H19N3S. The van der Waals surface area contributed by atoms with Crippen molar-refractivity contribution in [2.75, 3.05) is 0 Å². The van der Waals surface area contributed by atoms with Crippen molar-refractivity contribution in [3.8, 4) is 0 Å². The van der Waals surface area contributed by atoms with E-state index in [2.05, 4.69) is 60.2 Å². The van der Waals surface area contributed by atoms with E-state index >= 15 is 0 Å². The zero-order chi connectivity index (χ0) is 13.1.